The number of nitrogens with one attached hydrogen (secondary N) is 1. The van der Waals surface area contributed by atoms with Crippen LogP contribution in [0.3, 0.4) is 0 Å². The van der Waals surface area contributed by atoms with E-state index in [9.17, 15) is 0 Å². The lowest BCUT2D eigenvalue weighted by molar-refractivity contribution is 0.132. The van der Waals surface area contributed by atoms with Crippen molar-refractivity contribution in [2.45, 2.75) is 38.4 Å². The van der Waals surface area contributed by atoms with Crippen LogP contribution in [-0.2, 0) is 6.54 Å². The summed E-state index contributed by atoms with van der Waals surface area (Å²) in [4.78, 5) is 4.05. The third kappa shape index (κ3) is 3.06. The van der Waals surface area contributed by atoms with Gasteiger partial charge in [0.1, 0.15) is 0 Å². The van der Waals surface area contributed by atoms with Gasteiger partial charge in [-0.2, -0.15) is 0 Å². The Labute approximate surface area is 110 Å². The number of hydrogen-bond acceptors (Lipinski definition) is 3. The summed E-state index contributed by atoms with van der Waals surface area (Å²) in [6.07, 6.45) is 2.54. The van der Waals surface area contributed by atoms with E-state index in [0.717, 1.165) is 6.54 Å². The molecule has 2 heterocycles. The fourth-order valence-corrected chi connectivity index (χ4v) is 3.83. The molecule has 1 aliphatic heterocycles. The highest BCUT2D eigenvalue weighted by Crippen LogP contribution is 2.24. The molecule has 4 heteroatoms. The van der Waals surface area contributed by atoms with Crippen molar-refractivity contribution in [2.75, 3.05) is 13.6 Å². The predicted molar refractivity (Wildman–Crippen MR) is 74.0 cm³/mol. The summed E-state index contributed by atoms with van der Waals surface area (Å²) in [7, 11) is 2.07. The first-order chi connectivity index (χ1) is 7.69. The smallest absolute Gasteiger partial charge is 0.0331 e. The molecule has 16 heavy (non-hydrogen) atoms. The van der Waals surface area contributed by atoms with E-state index < -0.39 is 0 Å². The van der Waals surface area contributed by atoms with Gasteiger partial charge in [0.2, 0.25) is 0 Å². The van der Waals surface area contributed by atoms with E-state index >= 15 is 0 Å². The number of piperidine rings is 1. The summed E-state index contributed by atoms with van der Waals surface area (Å²) in [6, 6.07) is 3.63. The van der Waals surface area contributed by atoms with Crippen molar-refractivity contribution >= 4 is 27.3 Å². The van der Waals surface area contributed by atoms with Crippen LogP contribution in [0.15, 0.2) is 15.9 Å². The van der Waals surface area contributed by atoms with E-state index in [-0.39, 0.29) is 0 Å². The fourth-order valence-electron chi connectivity index (χ4n) is 2.35. The van der Waals surface area contributed by atoms with Crippen LogP contribution in [0.1, 0.15) is 24.6 Å². The van der Waals surface area contributed by atoms with Gasteiger partial charge >= 0.3 is 0 Å². The number of halogens is 1. The molecule has 1 aromatic heterocycles. The zero-order chi connectivity index (χ0) is 11.5. The minimum atomic E-state index is 0.687. The van der Waals surface area contributed by atoms with E-state index in [2.05, 4.69) is 51.6 Å². The summed E-state index contributed by atoms with van der Waals surface area (Å²) >= 11 is 5.36. The summed E-state index contributed by atoms with van der Waals surface area (Å²) in [5.41, 5.74) is 0. The number of thiophene rings is 1. The molecule has 1 fully saturated rings. The molecular weight excluding hydrogens is 284 g/mol. The van der Waals surface area contributed by atoms with Gasteiger partial charge in [-0.05, 0) is 48.8 Å². The highest BCUT2D eigenvalue weighted by molar-refractivity contribution is 9.10. The molecule has 2 unspecified atom stereocenters. The van der Waals surface area contributed by atoms with Gasteiger partial charge in [-0.1, -0.05) is 0 Å². The lowest BCUT2D eigenvalue weighted by Crippen LogP contribution is -2.45. The van der Waals surface area contributed by atoms with Crippen LogP contribution < -0.4 is 5.32 Å². The summed E-state index contributed by atoms with van der Waals surface area (Å²) in [6.45, 7) is 4.65. The molecule has 1 N–H and O–H groups in total. The second-order valence-electron chi connectivity index (χ2n) is 4.56. The quantitative estimate of drug-likeness (QED) is 0.923. The Morgan fingerprint density at radius 3 is 3.00 bits per heavy atom. The van der Waals surface area contributed by atoms with Crippen LogP contribution in [0.25, 0.3) is 0 Å². The summed E-state index contributed by atoms with van der Waals surface area (Å²) < 4.78 is 1.21. The minimum absolute atomic E-state index is 0.687. The number of likely N-dealkylation sites (tertiary alicyclic amines) is 1. The second-order valence-corrected chi connectivity index (χ2v) is 6.47. The first-order valence-corrected chi connectivity index (χ1v) is 7.50. The monoisotopic (exact) mass is 302 g/mol. The molecule has 0 spiro atoms. The maximum atomic E-state index is 3.51. The second kappa shape index (κ2) is 5.63. The van der Waals surface area contributed by atoms with Gasteiger partial charge in [0.05, 0.1) is 0 Å². The van der Waals surface area contributed by atoms with Gasteiger partial charge in [-0.3, -0.25) is 4.90 Å². The molecule has 0 bridgehead atoms. The Hall–Kier alpha value is 0.1000. The van der Waals surface area contributed by atoms with Gasteiger partial charge in [-0.25, -0.2) is 0 Å². The SMILES string of the molecule is CNC1CCN(Cc2cc(Br)cs2)C(C)C1. The molecule has 0 amide bonds. The largest absolute Gasteiger partial charge is 0.317 e. The minimum Gasteiger partial charge on any atom is -0.317 e. The van der Waals surface area contributed by atoms with E-state index in [1.807, 2.05) is 11.3 Å². The molecular formula is C12H19BrN2S. The van der Waals surface area contributed by atoms with Crippen molar-refractivity contribution in [3.8, 4) is 0 Å². The fraction of sp³-hybridized carbons (Fsp3) is 0.667. The summed E-state index contributed by atoms with van der Waals surface area (Å²) in [5.74, 6) is 0. The molecule has 0 aliphatic carbocycles. The lowest BCUT2D eigenvalue weighted by Gasteiger charge is -2.37. The molecule has 1 aliphatic rings. The van der Waals surface area contributed by atoms with E-state index in [1.165, 1.54) is 28.7 Å². The van der Waals surface area contributed by atoms with Crippen molar-refractivity contribution in [3.63, 3.8) is 0 Å². The molecule has 2 nitrogen and oxygen atoms in total. The highest BCUT2D eigenvalue weighted by atomic mass is 79.9. The van der Waals surface area contributed by atoms with Gasteiger partial charge in [0.15, 0.2) is 0 Å². The maximum absolute atomic E-state index is 3.51. The number of rotatable bonds is 3. The first-order valence-electron chi connectivity index (χ1n) is 5.83. The van der Waals surface area contributed by atoms with Crippen LogP contribution in [0.5, 0.6) is 0 Å². The van der Waals surface area contributed by atoms with Crippen LogP contribution in [0, 0.1) is 0 Å². The maximum Gasteiger partial charge on any atom is 0.0331 e. The standard InChI is InChI=1S/C12H19BrN2S/c1-9-5-11(14-2)3-4-15(9)7-12-6-10(13)8-16-12/h6,8-9,11,14H,3-5,7H2,1-2H3. The van der Waals surface area contributed by atoms with Crippen molar-refractivity contribution in [3.05, 3.63) is 20.8 Å². The predicted octanol–water partition coefficient (Wildman–Crippen LogP) is 3.08. The van der Waals surface area contributed by atoms with Crippen LogP contribution >= 0.6 is 27.3 Å². The Bertz CT molecular complexity index is 340. The van der Waals surface area contributed by atoms with Crippen LogP contribution in [0.4, 0.5) is 0 Å². The van der Waals surface area contributed by atoms with Crippen LogP contribution in [0.2, 0.25) is 0 Å². The summed E-state index contributed by atoms with van der Waals surface area (Å²) in [5, 5.41) is 5.56. The van der Waals surface area contributed by atoms with Gasteiger partial charge in [-0.15, -0.1) is 11.3 Å². The molecule has 0 aromatic carbocycles. The van der Waals surface area contributed by atoms with Crippen molar-refractivity contribution in [1.82, 2.24) is 10.2 Å². The molecule has 1 saturated heterocycles. The van der Waals surface area contributed by atoms with E-state index in [4.69, 9.17) is 0 Å². The molecule has 0 saturated carbocycles. The molecule has 0 radical (unpaired) electrons. The number of hydrogen-bond donors (Lipinski definition) is 1. The normalized spacial score (nSPS) is 27.2. The Morgan fingerprint density at radius 1 is 1.62 bits per heavy atom. The van der Waals surface area contributed by atoms with Crippen molar-refractivity contribution < 1.29 is 0 Å². The molecule has 2 atom stereocenters. The molecule has 1 aromatic rings. The zero-order valence-electron chi connectivity index (χ0n) is 9.87. The van der Waals surface area contributed by atoms with E-state index in [1.54, 1.807) is 0 Å². The average Bonchev–Trinajstić information content (AvgIpc) is 2.67. The Kier molecular flexibility index (Phi) is 4.41. The highest BCUT2D eigenvalue weighted by Gasteiger charge is 2.24. The average molecular weight is 303 g/mol. The lowest BCUT2D eigenvalue weighted by atomic mass is 9.98. The Balaban J connectivity index is 1.91. The van der Waals surface area contributed by atoms with Gasteiger partial charge < -0.3 is 5.32 Å². The van der Waals surface area contributed by atoms with Gasteiger partial charge in [0, 0.05) is 39.9 Å². The third-order valence-electron chi connectivity index (χ3n) is 3.40. The topological polar surface area (TPSA) is 15.3 Å². The van der Waals surface area contributed by atoms with Crippen LogP contribution in [-0.4, -0.2) is 30.6 Å². The molecule has 90 valence electrons. The molecule has 2 rings (SSSR count). The van der Waals surface area contributed by atoms with Crippen molar-refractivity contribution in [1.29, 1.82) is 0 Å². The third-order valence-corrected chi connectivity index (χ3v) is 5.09. The zero-order valence-corrected chi connectivity index (χ0v) is 12.3. The van der Waals surface area contributed by atoms with Crippen molar-refractivity contribution in [2.24, 2.45) is 0 Å². The number of nitrogens with zero attached hydrogens (tertiary/aromatic N) is 1. The van der Waals surface area contributed by atoms with Gasteiger partial charge in [0.25, 0.3) is 0 Å². The Morgan fingerprint density at radius 2 is 2.44 bits per heavy atom. The first kappa shape index (κ1) is 12.6. The van der Waals surface area contributed by atoms with E-state index in [0.29, 0.717) is 12.1 Å².